The van der Waals surface area contributed by atoms with E-state index in [4.69, 9.17) is 0 Å². The molecule has 2 heterocycles. The Morgan fingerprint density at radius 1 is 1.14 bits per heavy atom. The first kappa shape index (κ1) is 20.9. The lowest BCUT2D eigenvalue weighted by Crippen LogP contribution is -2.25. The molecule has 3 aromatic rings. The molecule has 0 aliphatic heterocycles. The lowest BCUT2D eigenvalue weighted by atomic mass is 10.2. The van der Waals surface area contributed by atoms with Gasteiger partial charge in [0.05, 0.1) is 23.0 Å². The Labute approximate surface area is 170 Å². The SMILES string of the molecule is Cc1c(C(=O)NCCCSc2ccccc2)cnn1-c1ccc(C(F)(F)F)cn1. The number of hydrogen-bond donors (Lipinski definition) is 1. The van der Waals surface area contributed by atoms with Crippen LogP contribution in [-0.4, -0.2) is 33.0 Å². The van der Waals surface area contributed by atoms with Crippen LogP contribution in [0.5, 0.6) is 0 Å². The Hall–Kier alpha value is -2.81. The Bertz CT molecular complexity index is 956. The minimum atomic E-state index is -4.45. The third-order valence-corrected chi connectivity index (χ3v) is 5.26. The van der Waals surface area contributed by atoms with Crippen LogP contribution in [0.15, 0.2) is 59.8 Å². The molecular weight excluding hydrogens is 401 g/mol. The number of carbonyl (C=O) groups is 1. The van der Waals surface area contributed by atoms with Crippen LogP contribution in [0, 0.1) is 6.92 Å². The predicted octanol–water partition coefficient (Wildman–Crippen LogP) is 4.51. The van der Waals surface area contributed by atoms with E-state index in [1.54, 1.807) is 18.7 Å². The molecule has 2 aromatic heterocycles. The molecule has 1 amide bonds. The van der Waals surface area contributed by atoms with Crippen molar-refractivity contribution in [3.05, 3.63) is 71.7 Å². The normalized spacial score (nSPS) is 11.4. The first-order chi connectivity index (χ1) is 13.9. The van der Waals surface area contributed by atoms with Gasteiger partial charge in [-0.05, 0) is 43.4 Å². The van der Waals surface area contributed by atoms with E-state index >= 15 is 0 Å². The van der Waals surface area contributed by atoms with Gasteiger partial charge in [0.2, 0.25) is 0 Å². The van der Waals surface area contributed by atoms with Crippen molar-refractivity contribution < 1.29 is 18.0 Å². The molecule has 5 nitrogen and oxygen atoms in total. The lowest BCUT2D eigenvalue weighted by molar-refractivity contribution is -0.137. The summed E-state index contributed by atoms with van der Waals surface area (Å²) < 4.78 is 39.3. The first-order valence-corrected chi connectivity index (χ1v) is 9.89. The van der Waals surface area contributed by atoms with Crippen molar-refractivity contribution in [2.45, 2.75) is 24.4 Å². The van der Waals surface area contributed by atoms with E-state index in [1.165, 1.54) is 21.8 Å². The van der Waals surface area contributed by atoms with Gasteiger partial charge in [-0.15, -0.1) is 11.8 Å². The molecule has 0 unspecified atom stereocenters. The maximum atomic E-state index is 12.7. The minimum absolute atomic E-state index is 0.216. The molecule has 0 atom stereocenters. The largest absolute Gasteiger partial charge is 0.417 e. The van der Waals surface area contributed by atoms with Crippen LogP contribution in [-0.2, 0) is 6.18 Å². The Balaban J connectivity index is 1.55. The predicted molar refractivity (Wildman–Crippen MR) is 105 cm³/mol. The molecule has 0 bridgehead atoms. The molecule has 152 valence electrons. The first-order valence-electron chi connectivity index (χ1n) is 8.90. The third-order valence-electron chi connectivity index (χ3n) is 4.17. The topological polar surface area (TPSA) is 59.8 Å². The number of benzene rings is 1. The van der Waals surface area contributed by atoms with Gasteiger partial charge < -0.3 is 5.32 Å². The molecular formula is C20H19F3N4OS. The fourth-order valence-corrected chi connectivity index (χ4v) is 3.49. The summed E-state index contributed by atoms with van der Waals surface area (Å²) in [6.45, 7) is 2.19. The minimum Gasteiger partial charge on any atom is -0.352 e. The van der Waals surface area contributed by atoms with Crippen molar-refractivity contribution in [2.75, 3.05) is 12.3 Å². The maximum absolute atomic E-state index is 12.7. The quantitative estimate of drug-likeness (QED) is 0.451. The lowest BCUT2D eigenvalue weighted by Gasteiger charge is -2.08. The number of halogens is 3. The average Bonchev–Trinajstić information content (AvgIpc) is 3.09. The molecule has 0 spiro atoms. The van der Waals surface area contributed by atoms with Crippen LogP contribution in [0.4, 0.5) is 13.2 Å². The van der Waals surface area contributed by atoms with Crippen LogP contribution in [0.2, 0.25) is 0 Å². The van der Waals surface area contributed by atoms with Crippen LogP contribution in [0.3, 0.4) is 0 Å². The average molecular weight is 420 g/mol. The number of alkyl halides is 3. The van der Waals surface area contributed by atoms with E-state index in [0.29, 0.717) is 17.8 Å². The van der Waals surface area contributed by atoms with Gasteiger partial charge in [0, 0.05) is 17.6 Å². The summed E-state index contributed by atoms with van der Waals surface area (Å²) in [4.78, 5) is 17.4. The van der Waals surface area contributed by atoms with E-state index in [2.05, 4.69) is 15.4 Å². The van der Waals surface area contributed by atoms with Crippen LogP contribution in [0.1, 0.15) is 28.0 Å². The highest BCUT2D eigenvalue weighted by atomic mass is 32.2. The zero-order valence-corrected chi connectivity index (χ0v) is 16.4. The van der Waals surface area contributed by atoms with Gasteiger partial charge in [-0.3, -0.25) is 4.79 Å². The number of pyridine rings is 1. The van der Waals surface area contributed by atoms with Crippen molar-refractivity contribution in [3.8, 4) is 5.82 Å². The number of hydrogen-bond acceptors (Lipinski definition) is 4. The highest BCUT2D eigenvalue weighted by Crippen LogP contribution is 2.28. The standard InChI is InChI=1S/C20H19F3N4OS/c1-14-17(19(28)24-10-5-11-29-16-6-3-2-4-7-16)13-26-27(14)18-9-8-15(12-25-18)20(21,22)23/h2-4,6-9,12-13H,5,10-11H2,1H3,(H,24,28). The van der Waals surface area contributed by atoms with Crippen molar-refractivity contribution in [2.24, 2.45) is 0 Å². The van der Waals surface area contributed by atoms with Gasteiger partial charge in [0.25, 0.3) is 5.91 Å². The number of rotatable bonds is 7. The monoisotopic (exact) mass is 420 g/mol. The second-order valence-electron chi connectivity index (χ2n) is 6.23. The van der Waals surface area contributed by atoms with Crippen molar-refractivity contribution in [3.63, 3.8) is 0 Å². The number of amides is 1. The van der Waals surface area contributed by atoms with Crippen LogP contribution >= 0.6 is 11.8 Å². The van der Waals surface area contributed by atoms with Crippen LogP contribution < -0.4 is 5.32 Å². The Morgan fingerprint density at radius 3 is 2.55 bits per heavy atom. The summed E-state index contributed by atoms with van der Waals surface area (Å²) >= 11 is 1.72. The summed E-state index contributed by atoms with van der Waals surface area (Å²) in [5, 5.41) is 6.94. The fourth-order valence-electron chi connectivity index (χ4n) is 2.62. The molecule has 3 rings (SSSR count). The second-order valence-corrected chi connectivity index (χ2v) is 7.40. The van der Waals surface area contributed by atoms with Crippen molar-refractivity contribution >= 4 is 17.7 Å². The molecule has 0 aliphatic carbocycles. The zero-order valence-electron chi connectivity index (χ0n) is 15.6. The molecule has 1 aromatic carbocycles. The third kappa shape index (κ3) is 5.38. The Morgan fingerprint density at radius 2 is 1.90 bits per heavy atom. The van der Waals surface area contributed by atoms with E-state index in [1.807, 2.05) is 30.3 Å². The summed E-state index contributed by atoms with van der Waals surface area (Å²) in [5.41, 5.74) is 0.0354. The molecule has 0 aliphatic rings. The summed E-state index contributed by atoms with van der Waals surface area (Å²) in [7, 11) is 0. The van der Waals surface area contributed by atoms with Gasteiger partial charge >= 0.3 is 6.18 Å². The van der Waals surface area contributed by atoms with E-state index in [-0.39, 0.29) is 11.7 Å². The van der Waals surface area contributed by atoms with E-state index in [9.17, 15) is 18.0 Å². The smallest absolute Gasteiger partial charge is 0.352 e. The van der Waals surface area contributed by atoms with E-state index in [0.717, 1.165) is 24.4 Å². The van der Waals surface area contributed by atoms with Gasteiger partial charge in [-0.2, -0.15) is 18.3 Å². The molecule has 9 heteroatoms. The number of nitrogens with zero attached hydrogens (tertiary/aromatic N) is 3. The van der Waals surface area contributed by atoms with Crippen molar-refractivity contribution in [1.29, 1.82) is 0 Å². The van der Waals surface area contributed by atoms with Gasteiger partial charge in [0.15, 0.2) is 5.82 Å². The number of aromatic nitrogens is 3. The van der Waals surface area contributed by atoms with Gasteiger partial charge in [-0.25, -0.2) is 9.67 Å². The molecule has 29 heavy (non-hydrogen) atoms. The van der Waals surface area contributed by atoms with Crippen LogP contribution in [0.25, 0.3) is 5.82 Å². The zero-order chi connectivity index (χ0) is 20.9. The van der Waals surface area contributed by atoms with Gasteiger partial charge in [-0.1, -0.05) is 18.2 Å². The fraction of sp³-hybridized carbons (Fsp3) is 0.250. The molecule has 0 saturated carbocycles. The van der Waals surface area contributed by atoms with Gasteiger partial charge in [0.1, 0.15) is 0 Å². The summed E-state index contributed by atoms with van der Waals surface area (Å²) in [5.74, 6) is 0.817. The summed E-state index contributed by atoms with van der Waals surface area (Å²) in [6.07, 6.45) is -1.50. The molecule has 0 saturated heterocycles. The Kier molecular flexibility index (Phi) is 6.58. The number of carbonyl (C=O) groups excluding carboxylic acids is 1. The number of nitrogens with one attached hydrogen (secondary N) is 1. The van der Waals surface area contributed by atoms with E-state index < -0.39 is 11.7 Å². The summed E-state index contributed by atoms with van der Waals surface area (Å²) in [6, 6.07) is 12.2. The molecule has 1 N–H and O–H groups in total. The highest BCUT2D eigenvalue weighted by molar-refractivity contribution is 7.99. The highest BCUT2D eigenvalue weighted by Gasteiger charge is 2.30. The molecule has 0 fully saturated rings. The second kappa shape index (κ2) is 9.13. The maximum Gasteiger partial charge on any atom is 0.417 e. The molecule has 0 radical (unpaired) electrons. The number of thioether (sulfide) groups is 1. The van der Waals surface area contributed by atoms with Crippen molar-refractivity contribution in [1.82, 2.24) is 20.1 Å².